The van der Waals surface area contributed by atoms with Crippen LogP contribution in [0, 0.1) is 6.92 Å². The number of aliphatic hydroxyl groups is 1. The van der Waals surface area contributed by atoms with Gasteiger partial charge in [-0.1, -0.05) is 42.0 Å². The van der Waals surface area contributed by atoms with E-state index in [1.807, 2.05) is 32.0 Å². The van der Waals surface area contributed by atoms with Gasteiger partial charge in [-0.25, -0.2) is 0 Å². The number of aromatic nitrogens is 1. The predicted molar refractivity (Wildman–Crippen MR) is 127 cm³/mol. The van der Waals surface area contributed by atoms with Crippen LogP contribution in [0.1, 0.15) is 35.2 Å². The molecule has 1 fully saturated rings. The van der Waals surface area contributed by atoms with Gasteiger partial charge in [0.05, 0.1) is 25.3 Å². The molecule has 1 aliphatic heterocycles. The molecule has 4 rings (SSSR count). The molecular weight excluding hydrogens is 432 g/mol. The molecule has 1 amide bonds. The zero-order chi connectivity index (χ0) is 24.2. The molecule has 1 aliphatic rings. The monoisotopic (exact) mass is 458 g/mol. The van der Waals surface area contributed by atoms with Crippen LogP contribution in [0.2, 0.25) is 0 Å². The normalized spacial score (nSPS) is 17.1. The number of Topliss-reactive ketones (excluding diaryl/α,β-unsaturated/α-hetero) is 1. The molecule has 1 aromatic heterocycles. The molecule has 1 atom stereocenters. The average Bonchev–Trinajstić information content (AvgIpc) is 3.10. The SMILES string of the molecule is CCOc1ccc([C@H]2C(=C(O)c3ccc(C)cc3)C(=O)C(=O)N2Cc2cccnc2)cc1OC. The van der Waals surface area contributed by atoms with Crippen molar-refractivity contribution in [3.8, 4) is 11.5 Å². The Morgan fingerprint density at radius 1 is 1.09 bits per heavy atom. The summed E-state index contributed by atoms with van der Waals surface area (Å²) in [6, 6.07) is 15.2. The maximum atomic E-state index is 13.2. The van der Waals surface area contributed by atoms with Crippen molar-refractivity contribution < 1.29 is 24.2 Å². The molecule has 0 saturated carbocycles. The number of benzene rings is 2. The molecule has 2 heterocycles. The van der Waals surface area contributed by atoms with Crippen molar-refractivity contribution in [2.45, 2.75) is 26.4 Å². The maximum Gasteiger partial charge on any atom is 0.295 e. The molecule has 7 nitrogen and oxygen atoms in total. The average molecular weight is 459 g/mol. The highest BCUT2D eigenvalue weighted by molar-refractivity contribution is 6.46. The second kappa shape index (κ2) is 9.79. The minimum atomic E-state index is -0.814. The number of rotatable bonds is 7. The van der Waals surface area contributed by atoms with Crippen LogP contribution < -0.4 is 9.47 Å². The van der Waals surface area contributed by atoms with E-state index in [1.165, 1.54) is 12.0 Å². The van der Waals surface area contributed by atoms with Crippen LogP contribution in [0.5, 0.6) is 11.5 Å². The molecule has 174 valence electrons. The smallest absolute Gasteiger partial charge is 0.295 e. The van der Waals surface area contributed by atoms with Crippen molar-refractivity contribution in [1.82, 2.24) is 9.88 Å². The summed E-state index contributed by atoms with van der Waals surface area (Å²) in [7, 11) is 1.53. The molecule has 7 heteroatoms. The highest BCUT2D eigenvalue weighted by Crippen LogP contribution is 2.42. The van der Waals surface area contributed by atoms with E-state index < -0.39 is 17.7 Å². The Kier molecular flexibility index (Phi) is 6.63. The molecule has 1 saturated heterocycles. The van der Waals surface area contributed by atoms with Gasteiger partial charge in [0.2, 0.25) is 0 Å². The van der Waals surface area contributed by atoms with Crippen LogP contribution in [-0.4, -0.2) is 40.4 Å². The Morgan fingerprint density at radius 3 is 2.50 bits per heavy atom. The van der Waals surface area contributed by atoms with E-state index in [-0.39, 0.29) is 17.9 Å². The molecule has 2 aromatic carbocycles. The third kappa shape index (κ3) is 4.37. The lowest BCUT2D eigenvalue weighted by molar-refractivity contribution is -0.140. The number of methoxy groups -OCH3 is 1. The summed E-state index contributed by atoms with van der Waals surface area (Å²) in [6.45, 7) is 4.42. The first-order valence-corrected chi connectivity index (χ1v) is 11.0. The number of carbonyl (C=O) groups excluding carboxylic acids is 2. The number of pyridine rings is 1. The highest BCUT2D eigenvalue weighted by Gasteiger charge is 2.46. The molecule has 0 unspecified atom stereocenters. The Bertz CT molecular complexity index is 1240. The van der Waals surface area contributed by atoms with Gasteiger partial charge in [-0.2, -0.15) is 0 Å². The van der Waals surface area contributed by atoms with Crippen molar-refractivity contribution in [1.29, 1.82) is 0 Å². The van der Waals surface area contributed by atoms with E-state index in [2.05, 4.69) is 4.98 Å². The molecule has 1 N–H and O–H groups in total. The van der Waals surface area contributed by atoms with Crippen LogP contribution in [0.15, 0.2) is 72.6 Å². The van der Waals surface area contributed by atoms with Crippen LogP contribution in [0.25, 0.3) is 5.76 Å². The van der Waals surface area contributed by atoms with Crippen molar-refractivity contribution in [2.75, 3.05) is 13.7 Å². The third-order valence-electron chi connectivity index (χ3n) is 5.74. The number of likely N-dealkylation sites (tertiary alicyclic amines) is 1. The number of aryl methyl sites for hydroxylation is 1. The lowest BCUT2D eigenvalue weighted by Gasteiger charge is -2.26. The topological polar surface area (TPSA) is 89.0 Å². The summed E-state index contributed by atoms with van der Waals surface area (Å²) in [4.78, 5) is 32.0. The van der Waals surface area contributed by atoms with Gasteiger partial charge >= 0.3 is 0 Å². The summed E-state index contributed by atoms with van der Waals surface area (Å²) in [5, 5.41) is 11.2. The van der Waals surface area contributed by atoms with Crippen LogP contribution in [0.3, 0.4) is 0 Å². The van der Waals surface area contributed by atoms with E-state index in [9.17, 15) is 14.7 Å². The van der Waals surface area contributed by atoms with E-state index in [0.717, 1.165) is 11.1 Å². The summed E-state index contributed by atoms with van der Waals surface area (Å²) < 4.78 is 11.1. The molecule has 0 bridgehead atoms. The molecular formula is C27H26N2O5. The summed E-state index contributed by atoms with van der Waals surface area (Å²) >= 11 is 0. The number of ether oxygens (including phenoxy) is 2. The van der Waals surface area contributed by atoms with Gasteiger partial charge in [-0.15, -0.1) is 0 Å². The molecule has 34 heavy (non-hydrogen) atoms. The Balaban J connectivity index is 1.88. The lowest BCUT2D eigenvalue weighted by atomic mass is 9.94. The number of amides is 1. The van der Waals surface area contributed by atoms with Crippen molar-refractivity contribution >= 4 is 17.4 Å². The van der Waals surface area contributed by atoms with Gasteiger partial charge in [0.15, 0.2) is 11.5 Å². The van der Waals surface area contributed by atoms with Gasteiger partial charge in [0.1, 0.15) is 5.76 Å². The van der Waals surface area contributed by atoms with Gasteiger partial charge < -0.3 is 19.5 Å². The molecule has 0 radical (unpaired) electrons. The number of carbonyl (C=O) groups is 2. The Morgan fingerprint density at radius 2 is 1.85 bits per heavy atom. The van der Waals surface area contributed by atoms with E-state index in [4.69, 9.17) is 9.47 Å². The zero-order valence-corrected chi connectivity index (χ0v) is 19.3. The zero-order valence-electron chi connectivity index (χ0n) is 19.3. The first-order chi connectivity index (χ1) is 16.4. The summed E-state index contributed by atoms with van der Waals surface area (Å²) in [6.07, 6.45) is 3.29. The van der Waals surface area contributed by atoms with Gasteiger partial charge in [-0.05, 0) is 43.2 Å². The lowest BCUT2D eigenvalue weighted by Crippen LogP contribution is -2.29. The van der Waals surface area contributed by atoms with Gasteiger partial charge in [0, 0.05) is 24.5 Å². The molecule has 0 spiro atoms. The van der Waals surface area contributed by atoms with Gasteiger partial charge in [-0.3, -0.25) is 14.6 Å². The van der Waals surface area contributed by atoms with Crippen molar-refractivity contribution in [2.24, 2.45) is 0 Å². The Hall–Kier alpha value is -4.13. The number of aliphatic hydroxyl groups excluding tert-OH is 1. The van der Waals surface area contributed by atoms with E-state index in [0.29, 0.717) is 29.2 Å². The molecule has 0 aliphatic carbocycles. The van der Waals surface area contributed by atoms with E-state index in [1.54, 1.807) is 48.8 Å². The fourth-order valence-corrected chi connectivity index (χ4v) is 4.07. The third-order valence-corrected chi connectivity index (χ3v) is 5.74. The van der Waals surface area contributed by atoms with Crippen molar-refractivity contribution in [3.63, 3.8) is 0 Å². The highest BCUT2D eigenvalue weighted by atomic mass is 16.5. The van der Waals surface area contributed by atoms with Crippen molar-refractivity contribution in [3.05, 3.63) is 94.8 Å². The maximum absolute atomic E-state index is 13.2. The first kappa shape index (κ1) is 23.0. The Labute approximate surface area is 198 Å². The largest absolute Gasteiger partial charge is 0.507 e. The second-order valence-corrected chi connectivity index (χ2v) is 8.00. The van der Waals surface area contributed by atoms with Gasteiger partial charge in [0.25, 0.3) is 11.7 Å². The minimum absolute atomic E-state index is 0.0314. The fourth-order valence-electron chi connectivity index (χ4n) is 4.07. The van der Waals surface area contributed by atoms with Crippen LogP contribution >= 0.6 is 0 Å². The number of nitrogens with zero attached hydrogens (tertiary/aromatic N) is 2. The number of hydrogen-bond donors (Lipinski definition) is 1. The molecule has 3 aromatic rings. The number of ketones is 1. The minimum Gasteiger partial charge on any atom is -0.507 e. The summed E-state index contributed by atoms with van der Waals surface area (Å²) in [5.41, 5.74) is 2.90. The number of hydrogen-bond acceptors (Lipinski definition) is 6. The summed E-state index contributed by atoms with van der Waals surface area (Å²) in [5.74, 6) is -0.613. The predicted octanol–water partition coefficient (Wildman–Crippen LogP) is 4.42. The van der Waals surface area contributed by atoms with Crippen LogP contribution in [0.4, 0.5) is 0 Å². The van der Waals surface area contributed by atoms with Crippen LogP contribution in [-0.2, 0) is 16.1 Å². The first-order valence-electron chi connectivity index (χ1n) is 11.0. The standard InChI is InChI=1S/C27H26N2O5/c1-4-34-21-12-11-20(14-22(21)33-3)24-23(25(30)19-9-7-17(2)8-10-19)26(31)27(32)29(24)16-18-6-5-13-28-15-18/h5-15,24,30H,4,16H2,1-3H3/t24-/m0/s1. The quantitative estimate of drug-likeness (QED) is 0.320. The fraction of sp³-hybridized carbons (Fsp3) is 0.222. The second-order valence-electron chi connectivity index (χ2n) is 8.00. The van der Waals surface area contributed by atoms with E-state index >= 15 is 0 Å².